The van der Waals surface area contributed by atoms with Crippen LogP contribution >= 0.6 is 0 Å². The van der Waals surface area contributed by atoms with Crippen LogP contribution in [0.5, 0.6) is 5.75 Å². The number of nitrogens with one attached hydrogen (secondary N) is 2. The molecule has 35 heavy (non-hydrogen) atoms. The molecule has 3 aromatic rings. The molecule has 1 aliphatic carbocycles. The van der Waals surface area contributed by atoms with Crippen molar-refractivity contribution in [2.45, 2.75) is 38.2 Å². The molecule has 182 valence electrons. The first-order valence-corrected chi connectivity index (χ1v) is 12.0. The summed E-state index contributed by atoms with van der Waals surface area (Å²) in [7, 11) is 0. The van der Waals surface area contributed by atoms with Crippen LogP contribution in [-0.4, -0.2) is 42.1 Å². The standard InChI is InChI=1S/C28H30N2O5/c31-26(32)17-19-5-11-24(12-6-19)35-25-13-9-21(10-14-25)27(33)29-15-16-30-28(34)23-8-7-20-3-1-2-4-22(20)18-23/h1-4,7-10,13-14,18-19,24H,5-6,11-12,15-17H2,(H,29,33)(H,30,34)(H,31,32). The Kier molecular flexibility index (Phi) is 7.98. The molecule has 0 aromatic heterocycles. The van der Waals surface area contributed by atoms with E-state index in [4.69, 9.17) is 9.84 Å². The number of carbonyl (C=O) groups excluding carboxylic acids is 2. The molecule has 0 aliphatic heterocycles. The minimum Gasteiger partial charge on any atom is -0.490 e. The molecule has 7 heteroatoms. The number of carboxylic acid groups (broad SMARTS) is 1. The van der Waals surface area contributed by atoms with Crippen LogP contribution in [-0.2, 0) is 4.79 Å². The van der Waals surface area contributed by atoms with Crippen LogP contribution in [0.1, 0.15) is 52.8 Å². The molecule has 0 atom stereocenters. The predicted octanol–water partition coefficient (Wildman–Crippen LogP) is 4.41. The monoisotopic (exact) mass is 474 g/mol. The lowest BCUT2D eigenvalue weighted by molar-refractivity contribution is -0.138. The minimum absolute atomic E-state index is 0.0749. The molecule has 0 saturated heterocycles. The smallest absolute Gasteiger partial charge is 0.303 e. The molecule has 7 nitrogen and oxygen atoms in total. The quantitative estimate of drug-likeness (QED) is 0.399. The molecule has 0 radical (unpaired) electrons. The summed E-state index contributed by atoms with van der Waals surface area (Å²) < 4.78 is 6.01. The highest BCUT2D eigenvalue weighted by atomic mass is 16.5. The maximum absolute atomic E-state index is 12.4. The van der Waals surface area contributed by atoms with Crippen molar-refractivity contribution in [2.75, 3.05) is 13.1 Å². The average Bonchev–Trinajstić information content (AvgIpc) is 2.87. The van der Waals surface area contributed by atoms with E-state index in [2.05, 4.69) is 10.6 Å². The van der Waals surface area contributed by atoms with Crippen molar-refractivity contribution in [1.29, 1.82) is 0 Å². The van der Waals surface area contributed by atoms with Crippen molar-refractivity contribution in [3.05, 3.63) is 77.9 Å². The number of fused-ring (bicyclic) bond motifs is 1. The van der Waals surface area contributed by atoms with Crippen molar-refractivity contribution in [1.82, 2.24) is 10.6 Å². The summed E-state index contributed by atoms with van der Waals surface area (Å²) in [6.45, 7) is 0.638. The van der Waals surface area contributed by atoms with Gasteiger partial charge in [0.15, 0.2) is 0 Å². The number of hydrogen-bond donors (Lipinski definition) is 3. The van der Waals surface area contributed by atoms with Crippen LogP contribution < -0.4 is 15.4 Å². The van der Waals surface area contributed by atoms with Crippen LogP contribution in [0.4, 0.5) is 0 Å². The van der Waals surface area contributed by atoms with Crippen molar-refractivity contribution in [3.8, 4) is 5.75 Å². The minimum atomic E-state index is -0.740. The normalized spacial score (nSPS) is 17.5. The summed E-state index contributed by atoms with van der Waals surface area (Å²) >= 11 is 0. The van der Waals surface area contributed by atoms with Gasteiger partial charge in [-0.05, 0) is 78.8 Å². The van der Waals surface area contributed by atoms with Gasteiger partial charge in [0.2, 0.25) is 0 Å². The van der Waals surface area contributed by atoms with Crippen LogP contribution in [0.25, 0.3) is 10.8 Å². The fourth-order valence-corrected chi connectivity index (χ4v) is 4.46. The first-order valence-electron chi connectivity index (χ1n) is 12.0. The summed E-state index contributed by atoms with van der Waals surface area (Å²) in [5.41, 5.74) is 1.10. The Bertz CT molecular complexity index is 1180. The number of hydrogen-bond acceptors (Lipinski definition) is 4. The molecule has 3 N–H and O–H groups in total. The number of benzene rings is 3. The molecule has 1 saturated carbocycles. The second-order valence-corrected chi connectivity index (χ2v) is 8.96. The Morgan fingerprint density at radius 1 is 0.771 bits per heavy atom. The first kappa shape index (κ1) is 24.3. The lowest BCUT2D eigenvalue weighted by atomic mass is 9.85. The molecule has 0 spiro atoms. The highest BCUT2D eigenvalue weighted by molar-refractivity contribution is 5.98. The van der Waals surface area contributed by atoms with E-state index in [9.17, 15) is 14.4 Å². The van der Waals surface area contributed by atoms with Gasteiger partial charge < -0.3 is 20.5 Å². The van der Waals surface area contributed by atoms with Gasteiger partial charge in [-0.25, -0.2) is 0 Å². The van der Waals surface area contributed by atoms with Gasteiger partial charge in [0.1, 0.15) is 5.75 Å². The number of amides is 2. The molecule has 1 aliphatic rings. The Labute approximate surface area is 204 Å². The molecular formula is C28H30N2O5. The van der Waals surface area contributed by atoms with E-state index in [0.29, 0.717) is 30.0 Å². The van der Waals surface area contributed by atoms with Gasteiger partial charge >= 0.3 is 5.97 Å². The number of ether oxygens (including phenoxy) is 1. The number of carboxylic acids is 1. The van der Waals surface area contributed by atoms with E-state index >= 15 is 0 Å². The van der Waals surface area contributed by atoms with E-state index in [0.717, 1.165) is 36.5 Å². The molecule has 0 bridgehead atoms. The van der Waals surface area contributed by atoms with E-state index < -0.39 is 5.97 Å². The Morgan fingerprint density at radius 3 is 2.03 bits per heavy atom. The number of aliphatic carboxylic acids is 1. The topological polar surface area (TPSA) is 105 Å². The van der Waals surface area contributed by atoms with Gasteiger partial charge in [-0.2, -0.15) is 0 Å². The Hall–Kier alpha value is -3.87. The average molecular weight is 475 g/mol. The Morgan fingerprint density at radius 2 is 1.37 bits per heavy atom. The van der Waals surface area contributed by atoms with E-state index in [1.807, 2.05) is 36.4 Å². The van der Waals surface area contributed by atoms with E-state index in [-0.39, 0.29) is 30.3 Å². The van der Waals surface area contributed by atoms with Gasteiger partial charge in [0.25, 0.3) is 11.8 Å². The highest BCUT2D eigenvalue weighted by Crippen LogP contribution is 2.29. The third-order valence-corrected chi connectivity index (χ3v) is 6.38. The largest absolute Gasteiger partial charge is 0.490 e. The zero-order valence-electron chi connectivity index (χ0n) is 19.5. The van der Waals surface area contributed by atoms with Gasteiger partial charge in [-0.1, -0.05) is 30.3 Å². The zero-order chi connectivity index (χ0) is 24.6. The van der Waals surface area contributed by atoms with E-state index in [1.165, 1.54) is 0 Å². The van der Waals surface area contributed by atoms with Crippen molar-refractivity contribution in [2.24, 2.45) is 5.92 Å². The number of carbonyl (C=O) groups is 3. The fourth-order valence-electron chi connectivity index (χ4n) is 4.46. The molecule has 0 unspecified atom stereocenters. The van der Waals surface area contributed by atoms with Gasteiger partial charge in [-0.3, -0.25) is 14.4 Å². The third-order valence-electron chi connectivity index (χ3n) is 6.38. The molecule has 1 fully saturated rings. The van der Waals surface area contributed by atoms with E-state index in [1.54, 1.807) is 30.3 Å². The van der Waals surface area contributed by atoms with Crippen molar-refractivity contribution >= 4 is 28.6 Å². The molecule has 0 heterocycles. The van der Waals surface area contributed by atoms with Crippen LogP contribution in [0.2, 0.25) is 0 Å². The predicted molar refractivity (Wildman–Crippen MR) is 134 cm³/mol. The molecule has 4 rings (SSSR count). The summed E-state index contributed by atoms with van der Waals surface area (Å²) in [6, 6.07) is 20.4. The van der Waals surface area contributed by atoms with Gasteiger partial charge in [-0.15, -0.1) is 0 Å². The number of rotatable bonds is 9. The van der Waals surface area contributed by atoms with Gasteiger partial charge in [0, 0.05) is 30.6 Å². The highest BCUT2D eigenvalue weighted by Gasteiger charge is 2.24. The molecule has 3 aromatic carbocycles. The zero-order valence-corrected chi connectivity index (χ0v) is 19.5. The lowest BCUT2D eigenvalue weighted by Crippen LogP contribution is -2.34. The SMILES string of the molecule is O=C(O)CC1CCC(Oc2ccc(C(=O)NCCNC(=O)c3ccc4ccccc4c3)cc2)CC1. The van der Waals surface area contributed by atoms with Crippen molar-refractivity contribution < 1.29 is 24.2 Å². The summed E-state index contributed by atoms with van der Waals surface area (Å²) in [5.74, 6) is -0.202. The molecule has 2 amide bonds. The summed E-state index contributed by atoms with van der Waals surface area (Å²) in [5, 5.41) is 16.7. The van der Waals surface area contributed by atoms with Crippen LogP contribution in [0.15, 0.2) is 66.7 Å². The second kappa shape index (κ2) is 11.5. The van der Waals surface area contributed by atoms with Crippen molar-refractivity contribution in [3.63, 3.8) is 0 Å². The summed E-state index contributed by atoms with van der Waals surface area (Å²) in [6.07, 6.45) is 3.69. The summed E-state index contributed by atoms with van der Waals surface area (Å²) in [4.78, 5) is 35.7. The fraction of sp³-hybridized carbons (Fsp3) is 0.321. The third kappa shape index (κ3) is 6.82. The van der Waals surface area contributed by atoms with Gasteiger partial charge in [0.05, 0.1) is 6.10 Å². The molecular weight excluding hydrogens is 444 g/mol. The second-order valence-electron chi connectivity index (χ2n) is 8.96. The maximum atomic E-state index is 12.4. The van der Waals surface area contributed by atoms with Crippen LogP contribution in [0, 0.1) is 5.92 Å². The lowest BCUT2D eigenvalue weighted by Gasteiger charge is -2.28. The first-order chi connectivity index (χ1) is 17.0. The maximum Gasteiger partial charge on any atom is 0.303 e. The Balaban J connectivity index is 1.18. The van der Waals surface area contributed by atoms with Crippen LogP contribution in [0.3, 0.4) is 0 Å².